The normalized spacial score (nSPS) is 9.69. The fraction of sp³-hybridized carbons (Fsp3) is 0.300. The van der Waals surface area contributed by atoms with Crippen LogP contribution in [0.15, 0.2) is 24.3 Å². The van der Waals surface area contributed by atoms with Crippen molar-refractivity contribution in [3.63, 3.8) is 0 Å². The molecular weight excluding hydrogens is 166 g/mol. The Morgan fingerprint density at radius 3 is 2.77 bits per heavy atom. The Kier molecular flexibility index (Phi) is 3.46. The molecule has 0 unspecified atom stereocenters. The molecule has 1 aromatic rings. The van der Waals surface area contributed by atoms with E-state index < -0.39 is 0 Å². The minimum Gasteiger partial charge on any atom is -0.426 e. The predicted molar refractivity (Wildman–Crippen MR) is 50.5 cm³/mol. The highest BCUT2D eigenvalue weighted by molar-refractivity contribution is 5.72. The highest BCUT2D eigenvalue weighted by Crippen LogP contribution is 2.16. The molecule has 2 N–H and O–H groups in total. The summed E-state index contributed by atoms with van der Waals surface area (Å²) in [5.41, 5.74) is 6.17. The molecule has 70 valence electrons. The minimum atomic E-state index is -0.281. The Morgan fingerprint density at radius 2 is 2.15 bits per heavy atom. The molecule has 0 spiro atoms. The van der Waals surface area contributed by atoms with Gasteiger partial charge in [-0.2, -0.15) is 0 Å². The van der Waals surface area contributed by atoms with Crippen LogP contribution in [0, 0.1) is 6.92 Å². The molecule has 0 aliphatic rings. The molecule has 0 heterocycles. The first-order chi connectivity index (χ1) is 6.24. The lowest BCUT2D eigenvalue weighted by molar-refractivity contribution is -0.134. The highest BCUT2D eigenvalue weighted by atomic mass is 16.5. The zero-order valence-corrected chi connectivity index (χ0v) is 7.62. The smallest absolute Gasteiger partial charge is 0.312 e. The first kappa shape index (κ1) is 9.74. The lowest BCUT2D eigenvalue weighted by Crippen LogP contribution is -2.14. The molecule has 1 aromatic carbocycles. The fourth-order valence-corrected chi connectivity index (χ4v) is 0.962. The number of carbonyl (C=O) groups is 1. The van der Waals surface area contributed by atoms with Crippen LogP contribution in [0.25, 0.3) is 0 Å². The third-order valence-corrected chi connectivity index (χ3v) is 1.67. The Bertz CT molecular complexity index is 297. The summed E-state index contributed by atoms with van der Waals surface area (Å²) in [7, 11) is 0. The van der Waals surface area contributed by atoms with Crippen LogP contribution in [-0.4, -0.2) is 12.5 Å². The van der Waals surface area contributed by atoms with Gasteiger partial charge in [0.25, 0.3) is 0 Å². The molecule has 0 bridgehead atoms. The van der Waals surface area contributed by atoms with Crippen molar-refractivity contribution in [3.8, 4) is 5.75 Å². The van der Waals surface area contributed by atoms with Gasteiger partial charge >= 0.3 is 5.97 Å². The van der Waals surface area contributed by atoms with E-state index in [-0.39, 0.29) is 12.4 Å². The van der Waals surface area contributed by atoms with Gasteiger partial charge in [0, 0.05) is 6.54 Å². The number of carbonyl (C=O) groups excluding carboxylic acids is 1. The summed E-state index contributed by atoms with van der Waals surface area (Å²) in [6, 6.07) is 7.39. The van der Waals surface area contributed by atoms with E-state index in [1.54, 1.807) is 6.07 Å². The van der Waals surface area contributed by atoms with Gasteiger partial charge < -0.3 is 10.5 Å². The average Bonchev–Trinajstić information content (AvgIpc) is 2.09. The minimum absolute atomic E-state index is 0.258. The van der Waals surface area contributed by atoms with Crippen LogP contribution in [0.3, 0.4) is 0 Å². The molecule has 3 heteroatoms. The summed E-state index contributed by atoms with van der Waals surface area (Å²) in [4.78, 5) is 11.1. The van der Waals surface area contributed by atoms with Crippen molar-refractivity contribution in [2.24, 2.45) is 5.73 Å². The van der Waals surface area contributed by atoms with Crippen molar-refractivity contribution in [2.75, 3.05) is 6.54 Å². The summed E-state index contributed by atoms with van der Waals surface area (Å²) >= 11 is 0. The predicted octanol–water partition coefficient (Wildman–Crippen LogP) is 1.25. The average molecular weight is 179 g/mol. The van der Waals surface area contributed by atoms with Crippen LogP contribution >= 0.6 is 0 Å². The number of hydrogen-bond acceptors (Lipinski definition) is 3. The fourth-order valence-electron chi connectivity index (χ4n) is 0.962. The molecule has 13 heavy (non-hydrogen) atoms. The Morgan fingerprint density at radius 1 is 1.46 bits per heavy atom. The number of esters is 1. The van der Waals surface area contributed by atoms with Crippen LogP contribution in [-0.2, 0) is 4.79 Å². The molecule has 0 fully saturated rings. The quantitative estimate of drug-likeness (QED) is 0.561. The zero-order valence-electron chi connectivity index (χ0n) is 7.62. The van der Waals surface area contributed by atoms with E-state index in [9.17, 15) is 4.79 Å². The second-order valence-electron chi connectivity index (χ2n) is 2.78. The van der Waals surface area contributed by atoms with Gasteiger partial charge in [0.2, 0.25) is 0 Å². The van der Waals surface area contributed by atoms with E-state index in [1.165, 1.54) is 0 Å². The van der Waals surface area contributed by atoms with Crippen molar-refractivity contribution >= 4 is 5.97 Å². The molecular formula is C10H13NO2. The van der Waals surface area contributed by atoms with Gasteiger partial charge in [-0.15, -0.1) is 0 Å². The third-order valence-electron chi connectivity index (χ3n) is 1.67. The number of benzene rings is 1. The SMILES string of the molecule is Cc1ccccc1OC(=O)CCN. The molecule has 3 nitrogen and oxygen atoms in total. The monoisotopic (exact) mass is 179 g/mol. The Hall–Kier alpha value is -1.35. The number of rotatable bonds is 3. The standard InChI is InChI=1S/C10H13NO2/c1-8-4-2-3-5-9(8)13-10(12)6-7-11/h2-5H,6-7,11H2,1H3. The van der Waals surface area contributed by atoms with Gasteiger partial charge in [0.15, 0.2) is 0 Å². The van der Waals surface area contributed by atoms with E-state index in [2.05, 4.69) is 0 Å². The molecule has 0 atom stereocenters. The number of nitrogens with two attached hydrogens (primary N) is 1. The van der Waals surface area contributed by atoms with Crippen LogP contribution in [0.5, 0.6) is 5.75 Å². The Labute approximate surface area is 77.5 Å². The summed E-state index contributed by atoms with van der Waals surface area (Å²) in [6.45, 7) is 2.22. The van der Waals surface area contributed by atoms with Gasteiger partial charge in [-0.05, 0) is 18.6 Å². The molecule has 0 aliphatic heterocycles. The first-order valence-corrected chi connectivity index (χ1v) is 4.20. The Balaban J connectivity index is 2.63. The van der Waals surface area contributed by atoms with Gasteiger partial charge in [0.05, 0.1) is 6.42 Å². The van der Waals surface area contributed by atoms with Crippen LogP contribution in [0.4, 0.5) is 0 Å². The van der Waals surface area contributed by atoms with Crippen LogP contribution in [0.2, 0.25) is 0 Å². The van der Waals surface area contributed by atoms with Crippen molar-refractivity contribution < 1.29 is 9.53 Å². The van der Waals surface area contributed by atoms with Gasteiger partial charge in [-0.1, -0.05) is 18.2 Å². The topological polar surface area (TPSA) is 52.3 Å². The van der Waals surface area contributed by atoms with E-state index in [1.807, 2.05) is 25.1 Å². The third kappa shape index (κ3) is 2.87. The summed E-state index contributed by atoms with van der Waals surface area (Å²) in [5, 5.41) is 0. The van der Waals surface area contributed by atoms with Crippen LogP contribution < -0.4 is 10.5 Å². The molecule has 0 amide bonds. The number of ether oxygens (including phenoxy) is 1. The summed E-state index contributed by atoms with van der Waals surface area (Å²) < 4.78 is 5.07. The van der Waals surface area contributed by atoms with E-state index in [0.717, 1.165) is 5.56 Å². The second kappa shape index (κ2) is 4.62. The lowest BCUT2D eigenvalue weighted by Gasteiger charge is -2.05. The molecule has 0 radical (unpaired) electrons. The zero-order chi connectivity index (χ0) is 9.68. The summed E-state index contributed by atoms with van der Waals surface area (Å²) in [6.07, 6.45) is 0.258. The number of para-hydroxylation sites is 1. The van der Waals surface area contributed by atoms with Gasteiger partial charge in [-0.25, -0.2) is 0 Å². The maximum absolute atomic E-state index is 11.1. The van der Waals surface area contributed by atoms with Crippen molar-refractivity contribution in [1.82, 2.24) is 0 Å². The van der Waals surface area contributed by atoms with Crippen molar-refractivity contribution in [3.05, 3.63) is 29.8 Å². The largest absolute Gasteiger partial charge is 0.426 e. The van der Waals surface area contributed by atoms with Gasteiger partial charge in [-0.3, -0.25) is 4.79 Å². The maximum Gasteiger partial charge on any atom is 0.312 e. The molecule has 0 saturated heterocycles. The highest BCUT2D eigenvalue weighted by Gasteiger charge is 2.04. The van der Waals surface area contributed by atoms with Crippen molar-refractivity contribution in [1.29, 1.82) is 0 Å². The summed E-state index contributed by atoms with van der Waals surface area (Å²) in [5.74, 6) is 0.331. The molecule has 0 saturated carbocycles. The maximum atomic E-state index is 11.1. The number of aryl methyl sites for hydroxylation is 1. The van der Waals surface area contributed by atoms with Crippen LogP contribution in [0.1, 0.15) is 12.0 Å². The van der Waals surface area contributed by atoms with Gasteiger partial charge in [0.1, 0.15) is 5.75 Å². The second-order valence-corrected chi connectivity index (χ2v) is 2.78. The van der Waals surface area contributed by atoms with E-state index >= 15 is 0 Å². The first-order valence-electron chi connectivity index (χ1n) is 4.20. The molecule has 0 aromatic heterocycles. The lowest BCUT2D eigenvalue weighted by atomic mass is 10.2. The molecule has 0 aliphatic carbocycles. The van der Waals surface area contributed by atoms with E-state index in [0.29, 0.717) is 12.3 Å². The van der Waals surface area contributed by atoms with E-state index in [4.69, 9.17) is 10.5 Å². The van der Waals surface area contributed by atoms with Crippen molar-refractivity contribution in [2.45, 2.75) is 13.3 Å². The number of hydrogen-bond donors (Lipinski definition) is 1. The molecule has 1 rings (SSSR count).